The van der Waals surface area contributed by atoms with E-state index in [4.69, 9.17) is 4.89 Å². The van der Waals surface area contributed by atoms with Crippen LogP contribution in [-0.4, -0.2) is 17.7 Å². The molecule has 0 amide bonds. The van der Waals surface area contributed by atoms with Crippen LogP contribution in [0.3, 0.4) is 0 Å². The first-order valence-corrected chi connectivity index (χ1v) is 4.43. The highest BCUT2D eigenvalue weighted by atomic mass is 31.1. The zero-order chi connectivity index (χ0) is 9.78. The average Bonchev–Trinajstić information content (AvgIpc) is 1.84. The lowest BCUT2D eigenvalue weighted by Gasteiger charge is -2.15. The molecule has 1 N–H and O–H groups in total. The maximum atomic E-state index is 11.0. The van der Waals surface area contributed by atoms with Crippen molar-refractivity contribution in [1.82, 2.24) is 0 Å². The molecule has 1 atom stereocenters. The molecule has 0 heterocycles. The minimum atomic E-state index is -2.69. The fourth-order valence-corrected chi connectivity index (χ4v) is 0.484. The summed E-state index contributed by atoms with van der Waals surface area (Å²) in [6.45, 7) is 4.54. The fraction of sp³-hybridized carbons (Fsp3) is 0.833. The van der Waals surface area contributed by atoms with E-state index in [2.05, 4.69) is 9.26 Å². The van der Waals surface area contributed by atoms with Gasteiger partial charge in [-0.15, -0.1) is 0 Å². The monoisotopic (exact) mass is 195 g/mol. The first kappa shape index (κ1) is 11.5. The summed E-state index contributed by atoms with van der Waals surface area (Å²) in [6.07, 6.45) is 0. The molecule has 0 aliphatic rings. The van der Waals surface area contributed by atoms with Crippen molar-refractivity contribution in [3.8, 4) is 0 Å². The van der Waals surface area contributed by atoms with Gasteiger partial charge in [-0.2, -0.15) is 0 Å². The molecule has 1 unspecified atom stereocenters. The fourth-order valence-electron chi connectivity index (χ4n) is 0.341. The second-order valence-corrected chi connectivity index (χ2v) is 3.90. The zero-order valence-electron chi connectivity index (χ0n) is 7.23. The van der Waals surface area contributed by atoms with E-state index in [1.54, 1.807) is 20.8 Å². The van der Waals surface area contributed by atoms with Gasteiger partial charge in [-0.05, 0) is 20.8 Å². The summed E-state index contributed by atoms with van der Waals surface area (Å²) in [7, 11) is -2.69. The SMILES string of the molecule is CC(C)(C)C(=O)OCO[P](=O)O. The summed E-state index contributed by atoms with van der Waals surface area (Å²) < 4.78 is 18.6. The molecule has 0 aliphatic carbocycles. The summed E-state index contributed by atoms with van der Waals surface area (Å²) in [5, 5.41) is 0. The van der Waals surface area contributed by atoms with Crippen LogP contribution in [-0.2, 0) is 18.6 Å². The Kier molecular flexibility index (Phi) is 4.31. The number of carbonyl (C=O) groups excluding carboxylic acids is 1. The van der Waals surface area contributed by atoms with Crippen molar-refractivity contribution < 1.29 is 23.5 Å². The molecule has 71 valence electrons. The van der Waals surface area contributed by atoms with E-state index in [0.717, 1.165) is 0 Å². The van der Waals surface area contributed by atoms with Crippen molar-refractivity contribution in [2.24, 2.45) is 5.41 Å². The first-order valence-electron chi connectivity index (χ1n) is 3.30. The third kappa shape index (κ3) is 5.18. The van der Waals surface area contributed by atoms with Gasteiger partial charge in [0.25, 0.3) is 0 Å². The molecule has 5 nitrogen and oxygen atoms in total. The molecule has 0 fully saturated rings. The minimum absolute atomic E-state index is 0.473. The predicted molar refractivity (Wildman–Crippen MR) is 41.3 cm³/mol. The van der Waals surface area contributed by atoms with Crippen molar-refractivity contribution in [2.75, 3.05) is 6.79 Å². The molecule has 0 aromatic rings. The standard InChI is InChI=1S/C6H12O5P/c1-6(2,3)5(7)10-4-11-12(8)9/h4H2,1-3H3,(H,8,9). The molecule has 0 aromatic carbocycles. The molecule has 12 heavy (non-hydrogen) atoms. The van der Waals surface area contributed by atoms with Crippen molar-refractivity contribution >= 4 is 14.2 Å². The number of ether oxygens (including phenoxy) is 1. The van der Waals surface area contributed by atoms with Crippen LogP contribution in [0.15, 0.2) is 0 Å². The minimum Gasteiger partial charge on any atom is -0.437 e. The topological polar surface area (TPSA) is 72.8 Å². The van der Waals surface area contributed by atoms with Crippen LogP contribution in [0.4, 0.5) is 0 Å². The van der Waals surface area contributed by atoms with Gasteiger partial charge in [0.15, 0.2) is 0 Å². The molecule has 0 aliphatic heterocycles. The van der Waals surface area contributed by atoms with Gasteiger partial charge in [0.2, 0.25) is 6.79 Å². The molecule has 1 radical (unpaired) electrons. The molecule has 0 bridgehead atoms. The van der Waals surface area contributed by atoms with Crippen molar-refractivity contribution in [1.29, 1.82) is 0 Å². The van der Waals surface area contributed by atoms with Gasteiger partial charge < -0.3 is 4.74 Å². The van der Waals surface area contributed by atoms with E-state index < -0.39 is 26.4 Å². The second kappa shape index (κ2) is 4.50. The van der Waals surface area contributed by atoms with Gasteiger partial charge in [0.1, 0.15) is 0 Å². The lowest BCUT2D eigenvalue weighted by atomic mass is 9.98. The molecule has 0 spiro atoms. The van der Waals surface area contributed by atoms with E-state index in [-0.39, 0.29) is 0 Å². The van der Waals surface area contributed by atoms with Crippen LogP contribution >= 0.6 is 8.25 Å². The molecular formula is C6H12O5P. The van der Waals surface area contributed by atoms with E-state index in [9.17, 15) is 9.36 Å². The molecule has 0 saturated carbocycles. The highest BCUT2D eigenvalue weighted by molar-refractivity contribution is 7.32. The highest BCUT2D eigenvalue weighted by Gasteiger charge is 2.22. The molecule has 0 aromatic heterocycles. The van der Waals surface area contributed by atoms with Crippen LogP contribution in [0.5, 0.6) is 0 Å². The second-order valence-electron chi connectivity index (χ2n) is 3.17. The maximum absolute atomic E-state index is 11.0. The van der Waals surface area contributed by atoms with Crippen molar-refractivity contribution in [3.05, 3.63) is 0 Å². The smallest absolute Gasteiger partial charge is 0.369 e. The third-order valence-corrected chi connectivity index (χ3v) is 1.29. The summed E-state index contributed by atoms with van der Waals surface area (Å²) in [5.74, 6) is -0.473. The maximum Gasteiger partial charge on any atom is 0.369 e. The van der Waals surface area contributed by atoms with Crippen LogP contribution in [0.2, 0.25) is 0 Å². The van der Waals surface area contributed by atoms with Gasteiger partial charge >= 0.3 is 14.2 Å². The lowest BCUT2D eigenvalue weighted by molar-refractivity contribution is -0.159. The number of carbonyl (C=O) groups is 1. The number of esters is 1. The third-order valence-electron chi connectivity index (χ3n) is 0.966. The Morgan fingerprint density at radius 3 is 2.33 bits per heavy atom. The Hall–Kier alpha value is -0.510. The number of rotatable bonds is 3. The quantitative estimate of drug-likeness (QED) is 0.416. The Morgan fingerprint density at radius 2 is 2.00 bits per heavy atom. The Morgan fingerprint density at radius 1 is 1.50 bits per heavy atom. The van der Waals surface area contributed by atoms with Gasteiger partial charge in [0, 0.05) is 0 Å². The Balaban J connectivity index is 3.66. The van der Waals surface area contributed by atoms with Gasteiger partial charge in [-0.3, -0.25) is 9.69 Å². The number of hydrogen-bond donors (Lipinski definition) is 1. The van der Waals surface area contributed by atoms with Crippen molar-refractivity contribution in [2.45, 2.75) is 20.8 Å². The van der Waals surface area contributed by atoms with Crippen LogP contribution in [0.25, 0.3) is 0 Å². The summed E-state index contributed by atoms with van der Waals surface area (Å²) in [6, 6.07) is 0. The van der Waals surface area contributed by atoms with Crippen molar-refractivity contribution in [3.63, 3.8) is 0 Å². The van der Waals surface area contributed by atoms with E-state index in [0.29, 0.717) is 0 Å². The highest BCUT2D eigenvalue weighted by Crippen LogP contribution is 2.17. The summed E-state index contributed by atoms with van der Waals surface area (Å²) in [4.78, 5) is 19.1. The van der Waals surface area contributed by atoms with Gasteiger partial charge in [-0.25, -0.2) is 9.09 Å². The van der Waals surface area contributed by atoms with Gasteiger partial charge in [-0.1, -0.05) is 0 Å². The van der Waals surface area contributed by atoms with Crippen LogP contribution < -0.4 is 0 Å². The van der Waals surface area contributed by atoms with Gasteiger partial charge in [0.05, 0.1) is 5.41 Å². The molecule has 6 heteroatoms. The largest absolute Gasteiger partial charge is 0.437 e. The molecule has 0 saturated heterocycles. The average molecular weight is 195 g/mol. The first-order chi connectivity index (χ1) is 5.34. The zero-order valence-corrected chi connectivity index (χ0v) is 8.13. The Bertz CT molecular complexity index is 183. The molecule has 0 rings (SSSR count). The molecular weight excluding hydrogens is 183 g/mol. The Labute approximate surface area is 71.6 Å². The van der Waals surface area contributed by atoms with E-state index >= 15 is 0 Å². The lowest BCUT2D eigenvalue weighted by Crippen LogP contribution is -2.23. The summed E-state index contributed by atoms with van der Waals surface area (Å²) in [5.41, 5.74) is -0.621. The van der Waals surface area contributed by atoms with E-state index in [1.807, 2.05) is 0 Å². The predicted octanol–water partition coefficient (Wildman–Crippen LogP) is 1.20. The summed E-state index contributed by atoms with van der Waals surface area (Å²) >= 11 is 0. The van der Waals surface area contributed by atoms with E-state index in [1.165, 1.54) is 0 Å². The van der Waals surface area contributed by atoms with Crippen LogP contribution in [0, 0.1) is 5.41 Å². The normalized spacial score (nSPS) is 12.5. The van der Waals surface area contributed by atoms with Crippen LogP contribution in [0.1, 0.15) is 20.8 Å². The number of hydrogen-bond acceptors (Lipinski definition) is 4.